The maximum absolute atomic E-state index is 10.6. The molecule has 1 aromatic rings. The van der Waals surface area contributed by atoms with Crippen molar-refractivity contribution in [3.8, 4) is 0 Å². The van der Waals surface area contributed by atoms with Crippen molar-refractivity contribution < 1.29 is 9.90 Å². The van der Waals surface area contributed by atoms with Crippen molar-refractivity contribution in [2.24, 2.45) is 10.2 Å². The van der Waals surface area contributed by atoms with Gasteiger partial charge in [-0.3, -0.25) is 0 Å². The van der Waals surface area contributed by atoms with Gasteiger partial charge in [-0.15, -0.1) is 0 Å². The Morgan fingerprint density at radius 3 is 2.71 bits per heavy atom. The molecule has 14 heavy (non-hydrogen) atoms. The summed E-state index contributed by atoms with van der Waals surface area (Å²) in [6.07, 6.45) is 0. The lowest BCUT2D eigenvalue weighted by atomic mass is 10.2. The van der Waals surface area contributed by atoms with Crippen molar-refractivity contribution >= 4 is 11.7 Å². The van der Waals surface area contributed by atoms with E-state index >= 15 is 0 Å². The van der Waals surface area contributed by atoms with Gasteiger partial charge < -0.3 is 5.11 Å². The Hall–Kier alpha value is -1.71. The lowest BCUT2D eigenvalue weighted by molar-refractivity contribution is 0.0697. The highest BCUT2D eigenvalue weighted by Gasteiger charge is 2.02. The fraction of sp³-hybridized carbons (Fsp3) is 0.300. The highest BCUT2D eigenvalue weighted by atomic mass is 16.4. The van der Waals surface area contributed by atoms with E-state index in [9.17, 15) is 4.79 Å². The number of hydrogen-bond acceptors (Lipinski definition) is 3. The van der Waals surface area contributed by atoms with E-state index < -0.39 is 5.97 Å². The molecule has 0 saturated carbocycles. The summed E-state index contributed by atoms with van der Waals surface area (Å²) in [6, 6.07) is 6.50. The molecule has 0 bridgehead atoms. The molecule has 0 unspecified atom stereocenters. The third-order valence-electron chi connectivity index (χ3n) is 1.50. The summed E-state index contributed by atoms with van der Waals surface area (Å²) >= 11 is 0. The third-order valence-corrected chi connectivity index (χ3v) is 1.50. The monoisotopic (exact) mass is 192 g/mol. The van der Waals surface area contributed by atoms with Gasteiger partial charge in [-0.25, -0.2) is 4.79 Å². The lowest BCUT2D eigenvalue weighted by Crippen LogP contribution is -1.94. The van der Waals surface area contributed by atoms with Crippen LogP contribution in [-0.4, -0.2) is 17.1 Å². The van der Waals surface area contributed by atoms with E-state index in [2.05, 4.69) is 10.2 Å². The molecule has 0 spiro atoms. The molecule has 4 nitrogen and oxygen atoms in total. The second kappa shape index (κ2) is 4.50. The smallest absolute Gasteiger partial charge is 0.335 e. The Morgan fingerprint density at radius 2 is 2.14 bits per heavy atom. The molecule has 0 fully saturated rings. The first-order chi connectivity index (χ1) is 6.59. The molecule has 0 heterocycles. The van der Waals surface area contributed by atoms with Gasteiger partial charge in [-0.05, 0) is 32.0 Å². The number of azo groups is 1. The Kier molecular flexibility index (Phi) is 3.34. The van der Waals surface area contributed by atoms with Gasteiger partial charge in [0.2, 0.25) is 0 Å². The molecule has 0 aliphatic carbocycles. The first-order valence-corrected chi connectivity index (χ1v) is 4.34. The third kappa shape index (κ3) is 2.97. The van der Waals surface area contributed by atoms with E-state index in [0.717, 1.165) is 0 Å². The van der Waals surface area contributed by atoms with Gasteiger partial charge in [0, 0.05) is 0 Å². The zero-order chi connectivity index (χ0) is 10.6. The summed E-state index contributed by atoms with van der Waals surface area (Å²) in [5, 5.41) is 16.6. The second-order valence-electron chi connectivity index (χ2n) is 3.16. The number of hydrogen-bond donors (Lipinski definition) is 1. The van der Waals surface area contributed by atoms with Crippen LogP contribution in [0.25, 0.3) is 0 Å². The Labute approximate surface area is 82.3 Å². The van der Waals surface area contributed by atoms with Gasteiger partial charge in [0.25, 0.3) is 0 Å². The van der Waals surface area contributed by atoms with Crippen LogP contribution in [0.1, 0.15) is 24.2 Å². The minimum Gasteiger partial charge on any atom is -0.478 e. The molecule has 0 aliphatic rings. The molecule has 4 heteroatoms. The largest absolute Gasteiger partial charge is 0.478 e. The zero-order valence-electron chi connectivity index (χ0n) is 8.14. The first kappa shape index (κ1) is 10.4. The van der Waals surface area contributed by atoms with Gasteiger partial charge in [0.1, 0.15) is 0 Å². The number of benzene rings is 1. The summed E-state index contributed by atoms with van der Waals surface area (Å²) < 4.78 is 0. The first-order valence-electron chi connectivity index (χ1n) is 4.34. The van der Waals surface area contributed by atoms with Crippen molar-refractivity contribution in [1.29, 1.82) is 0 Å². The van der Waals surface area contributed by atoms with Gasteiger partial charge >= 0.3 is 5.97 Å². The van der Waals surface area contributed by atoms with E-state index in [1.165, 1.54) is 12.1 Å². The molecule has 1 N–H and O–H groups in total. The van der Waals surface area contributed by atoms with Crippen LogP contribution < -0.4 is 0 Å². The Balaban J connectivity index is 2.89. The number of aromatic carboxylic acids is 1. The lowest BCUT2D eigenvalue weighted by Gasteiger charge is -1.96. The summed E-state index contributed by atoms with van der Waals surface area (Å²) in [5.41, 5.74) is 0.795. The SMILES string of the molecule is CC(C)/N=N/c1cccc(C(=O)O)c1. The quantitative estimate of drug-likeness (QED) is 0.748. The normalized spacial score (nSPS) is 11.1. The molecular formula is C10H12N2O2. The predicted molar refractivity (Wildman–Crippen MR) is 53.1 cm³/mol. The van der Waals surface area contributed by atoms with Crippen molar-refractivity contribution in [3.63, 3.8) is 0 Å². The Bertz CT molecular complexity index is 359. The summed E-state index contributed by atoms with van der Waals surface area (Å²) in [6.45, 7) is 3.81. The van der Waals surface area contributed by atoms with Gasteiger partial charge in [-0.1, -0.05) is 6.07 Å². The van der Waals surface area contributed by atoms with Crippen LogP contribution in [0.15, 0.2) is 34.5 Å². The van der Waals surface area contributed by atoms with Crippen LogP contribution in [0.4, 0.5) is 5.69 Å². The Morgan fingerprint density at radius 1 is 1.43 bits per heavy atom. The molecule has 0 amide bonds. The van der Waals surface area contributed by atoms with E-state index in [1.807, 2.05) is 13.8 Å². The second-order valence-corrected chi connectivity index (χ2v) is 3.16. The average Bonchev–Trinajstić information content (AvgIpc) is 2.15. The van der Waals surface area contributed by atoms with Crippen LogP contribution in [0, 0.1) is 0 Å². The number of nitrogens with zero attached hydrogens (tertiary/aromatic N) is 2. The molecular weight excluding hydrogens is 180 g/mol. The summed E-state index contributed by atoms with van der Waals surface area (Å²) in [5.74, 6) is -0.952. The molecule has 1 rings (SSSR count). The highest BCUT2D eigenvalue weighted by Crippen LogP contribution is 2.15. The van der Waals surface area contributed by atoms with Crippen molar-refractivity contribution in [2.45, 2.75) is 19.9 Å². The minimum absolute atomic E-state index is 0.114. The maximum Gasteiger partial charge on any atom is 0.335 e. The molecule has 1 aromatic carbocycles. The van der Waals surface area contributed by atoms with Gasteiger partial charge in [-0.2, -0.15) is 10.2 Å². The number of carbonyl (C=O) groups is 1. The van der Waals surface area contributed by atoms with Crippen molar-refractivity contribution in [1.82, 2.24) is 0 Å². The van der Waals surface area contributed by atoms with E-state index in [0.29, 0.717) is 5.69 Å². The van der Waals surface area contributed by atoms with E-state index in [4.69, 9.17) is 5.11 Å². The number of carboxylic acid groups (broad SMARTS) is 1. The molecule has 0 atom stereocenters. The van der Waals surface area contributed by atoms with Crippen LogP contribution >= 0.6 is 0 Å². The molecule has 0 aromatic heterocycles. The molecule has 0 aliphatic heterocycles. The van der Waals surface area contributed by atoms with Crippen molar-refractivity contribution in [2.75, 3.05) is 0 Å². The van der Waals surface area contributed by atoms with Crippen LogP contribution in [0.2, 0.25) is 0 Å². The predicted octanol–water partition coefficient (Wildman–Crippen LogP) is 2.88. The molecule has 74 valence electrons. The summed E-state index contributed by atoms with van der Waals surface area (Å²) in [4.78, 5) is 10.6. The topological polar surface area (TPSA) is 62.0 Å². The number of rotatable bonds is 3. The maximum atomic E-state index is 10.6. The van der Waals surface area contributed by atoms with Crippen LogP contribution in [0.5, 0.6) is 0 Å². The van der Waals surface area contributed by atoms with Gasteiger partial charge in [0.15, 0.2) is 0 Å². The fourth-order valence-corrected chi connectivity index (χ4v) is 0.883. The average molecular weight is 192 g/mol. The van der Waals surface area contributed by atoms with Gasteiger partial charge in [0.05, 0.1) is 17.3 Å². The highest BCUT2D eigenvalue weighted by molar-refractivity contribution is 5.88. The van der Waals surface area contributed by atoms with Crippen LogP contribution in [0.3, 0.4) is 0 Å². The molecule has 0 saturated heterocycles. The van der Waals surface area contributed by atoms with E-state index in [-0.39, 0.29) is 11.6 Å². The standard InChI is InChI=1S/C10H12N2O2/c1-7(2)11-12-9-5-3-4-8(6-9)10(13)14/h3-7H,1-2H3,(H,13,14)/b12-11+. The van der Waals surface area contributed by atoms with Crippen molar-refractivity contribution in [3.05, 3.63) is 29.8 Å². The van der Waals surface area contributed by atoms with E-state index in [1.54, 1.807) is 12.1 Å². The van der Waals surface area contributed by atoms with Crippen LogP contribution in [-0.2, 0) is 0 Å². The summed E-state index contributed by atoms with van der Waals surface area (Å²) in [7, 11) is 0. The number of carboxylic acids is 1. The fourth-order valence-electron chi connectivity index (χ4n) is 0.883. The molecule has 0 radical (unpaired) electrons. The minimum atomic E-state index is -0.952. The zero-order valence-corrected chi connectivity index (χ0v) is 8.14.